The lowest BCUT2D eigenvalue weighted by atomic mass is 9.83. The Labute approximate surface area is 126 Å². The molecule has 2 aromatic rings. The topological polar surface area (TPSA) is 60.9 Å². The van der Waals surface area contributed by atoms with Crippen LogP contribution < -0.4 is 5.73 Å². The summed E-state index contributed by atoms with van der Waals surface area (Å²) in [6, 6.07) is 8.04. The van der Waals surface area contributed by atoms with Crippen molar-refractivity contribution in [1.82, 2.24) is 9.78 Å². The average Bonchev–Trinajstić information content (AvgIpc) is 2.74. The number of carbonyl (C=O) groups is 1. The molecule has 0 bridgehead atoms. The molecular formula is C17H25N3O. The van der Waals surface area contributed by atoms with Crippen molar-refractivity contribution in [3.8, 4) is 0 Å². The highest BCUT2D eigenvalue weighted by Crippen LogP contribution is 2.26. The normalized spacial score (nSPS) is 12.0. The molecule has 21 heavy (non-hydrogen) atoms. The van der Waals surface area contributed by atoms with Crippen molar-refractivity contribution in [1.29, 1.82) is 0 Å². The minimum atomic E-state index is 0.136. The van der Waals surface area contributed by atoms with E-state index < -0.39 is 0 Å². The summed E-state index contributed by atoms with van der Waals surface area (Å²) in [5.41, 5.74) is 7.70. The van der Waals surface area contributed by atoms with Crippen LogP contribution in [0.15, 0.2) is 24.3 Å². The van der Waals surface area contributed by atoms with E-state index in [0.29, 0.717) is 19.4 Å². The number of nitrogens with two attached hydrogens (primary N) is 1. The second-order valence-electron chi connectivity index (χ2n) is 6.51. The van der Waals surface area contributed by atoms with E-state index in [-0.39, 0.29) is 11.2 Å². The van der Waals surface area contributed by atoms with Crippen LogP contribution in [0.1, 0.15) is 38.8 Å². The lowest BCUT2D eigenvalue weighted by Crippen LogP contribution is -2.19. The van der Waals surface area contributed by atoms with E-state index >= 15 is 0 Å². The van der Waals surface area contributed by atoms with Crippen LogP contribution in [0.25, 0.3) is 10.9 Å². The number of rotatable bonds is 7. The summed E-state index contributed by atoms with van der Waals surface area (Å²) < 4.78 is 1.84. The van der Waals surface area contributed by atoms with Gasteiger partial charge in [-0.1, -0.05) is 32.0 Å². The molecule has 0 amide bonds. The maximum Gasteiger partial charge on any atom is 0.138 e. The number of ketones is 1. The summed E-state index contributed by atoms with van der Waals surface area (Å²) in [5, 5.41) is 5.56. The van der Waals surface area contributed by atoms with Crippen LogP contribution in [0, 0.1) is 5.41 Å². The molecule has 0 aliphatic rings. The summed E-state index contributed by atoms with van der Waals surface area (Å²) in [6.07, 6.45) is 2.85. The van der Waals surface area contributed by atoms with Gasteiger partial charge in [0.05, 0.1) is 17.6 Å². The lowest BCUT2D eigenvalue weighted by Gasteiger charge is -2.23. The Bertz CT molecular complexity index is 628. The third-order valence-electron chi connectivity index (χ3n) is 4.10. The number of hydrogen-bond donors (Lipinski definition) is 1. The molecule has 4 nitrogen and oxygen atoms in total. The second kappa shape index (κ2) is 6.39. The van der Waals surface area contributed by atoms with Crippen molar-refractivity contribution in [3.05, 3.63) is 30.0 Å². The Morgan fingerprint density at radius 3 is 2.71 bits per heavy atom. The van der Waals surface area contributed by atoms with Gasteiger partial charge in [0.15, 0.2) is 0 Å². The Kier molecular flexibility index (Phi) is 4.78. The average molecular weight is 287 g/mol. The van der Waals surface area contributed by atoms with Crippen LogP contribution in [-0.2, 0) is 18.3 Å². The summed E-state index contributed by atoms with van der Waals surface area (Å²) >= 11 is 0. The highest BCUT2D eigenvalue weighted by atomic mass is 16.1. The molecule has 0 aliphatic heterocycles. The SMILES string of the molecule is Cn1nc(CC(=O)CCC(C)(C)CCN)c2ccccc21. The summed E-state index contributed by atoms with van der Waals surface area (Å²) in [5.74, 6) is 0.254. The lowest BCUT2D eigenvalue weighted by molar-refractivity contribution is -0.119. The number of para-hydroxylation sites is 1. The zero-order valence-electron chi connectivity index (χ0n) is 13.2. The van der Waals surface area contributed by atoms with Gasteiger partial charge in [0, 0.05) is 18.9 Å². The Hall–Kier alpha value is -1.68. The van der Waals surface area contributed by atoms with Gasteiger partial charge in [-0.05, 0) is 30.9 Å². The van der Waals surface area contributed by atoms with Crippen LogP contribution in [0.2, 0.25) is 0 Å². The number of Topliss-reactive ketones (excluding diaryl/α,β-unsaturated/α-hetero) is 1. The first-order chi connectivity index (χ1) is 9.93. The standard InChI is InChI=1S/C17H25N3O/c1-17(2,10-11-18)9-8-13(21)12-15-14-6-4-5-7-16(14)20(3)19-15/h4-7H,8-12,18H2,1-3H3. The number of aromatic nitrogens is 2. The van der Waals surface area contributed by atoms with Gasteiger partial charge in [-0.25, -0.2) is 0 Å². The van der Waals surface area contributed by atoms with Crippen molar-refractivity contribution in [2.75, 3.05) is 6.54 Å². The molecule has 1 aromatic heterocycles. The minimum absolute atomic E-state index is 0.136. The molecule has 2 rings (SSSR count). The molecule has 2 N–H and O–H groups in total. The maximum atomic E-state index is 12.2. The smallest absolute Gasteiger partial charge is 0.138 e. The zero-order chi connectivity index (χ0) is 15.5. The second-order valence-corrected chi connectivity index (χ2v) is 6.51. The van der Waals surface area contributed by atoms with Gasteiger partial charge in [-0.2, -0.15) is 5.10 Å². The van der Waals surface area contributed by atoms with Crippen LogP contribution in [0.3, 0.4) is 0 Å². The fourth-order valence-corrected chi connectivity index (χ4v) is 2.69. The first-order valence-corrected chi connectivity index (χ1v) is 7.55. The first-order valence-electron chi connectivity index (χ1n) is 7.55. The highest BCUT2D eigenvalue weighted by Gasteiger charge is 2.19. The molecule has 0 spiro atoms. The van der Waals surface area contributed by atoms with Crippen LogP contribution in [-0.4, -0.2) is 22.1 Å². The van der Waals surface area contributed by atoms with E-state index in [2.05, 4.69) is 18.9 Å². The quantitative estimate of drug-likeness (QED) is 0.851. The number of nitrogens with zero attached hydrogens (tertiary/aromatic N) is 2. The molecule has 0 atom stereocenters. The van der Waals surface area contributed by atoms with Crippen LogP contribution >= 0.6 is 0 Å². The Balaban J connectivity index is 2.02. The maximum absolute atomic E-state index is 12.2. The molecule has 4 heteroatoms. The van der Waals surface area contributed by atoms with Crippen molar-refractivity contribution in [2.45, 2.75) is 39.5 Å². The summed E-state index contributed by atoms with van der Waals surface area (Å²) in [4.78, 5) is 12.2. The molecule has 0 saturated carbocycles. The van der Waals surface area contributed by atoms with Gasteiger partial charge in [0.1, 0.15) is 5.78 Å². The highest BCUT2D eigenvalue weighted by molar-refractivity contribution is 5.88. The van der Waals surface area contributed by atoms with E-state index in [1.54, 1.807) is 0 Å². The monoisotopic (exact) mass is 287 g/mol. The number of carbonyl (C=O) groups excluding carboxylic acids is 1. The molecule has 0 radical (unpaired) electrons. The van der Waals surface area contributed by atoms with Crippen LogP contribution in [0.4, 0.5) is 0 Å². The van der Waals surface area contributed by atoms with Gasteiger partial charge >= 0.3 is 0 Å². The van der Waals surface area contributed by atoms with Crippen molar-refractivity contribution in [2.24, 2.45) is 18.2 Å². The molecule has 0 fully saturated rings. The Morgan fingerprint density at radius 2 is 2.00 bits per heavy atom. The van der Waals surface area contributed by atoms with Crippen LogP contribution in [0.5, 0.6) is 0 Å². The van der Waals surface area contributed by atoms with Crippen molar-refractivity contribution in [3.63, 3.8) is 0 Å². The van der Waals surface area contributed by atoms with Gasteiger partial charge in [0.2, 0.25) is 0 Å². The fraction of sp³-hybridized carbons (Fsp3) is 0.529. The van der Waals surface area contributed by atoms with E-state index in [1.807, 2.05) is 36.0 Å². The third kappa shape index (κ3) is 3.91. The number of aryl methyl sites for hydroxylation is 1. The largest absolute Gasteiger partial charge is 0.330 e. The van der Waals surface area contributed by atoms with Crippen molar-refractivity contribution < 1.29 is 4.79 Å². The predicted molar refractivity (Wildman–Crippen MR) is 86.1 cm³/mol. The molecule has 0 saturated heterocycles. The van der Waals surface area contributed by atoms with E-state index in [9.17, 15) is 4.79 Å². The molecule has 1 heterocycles. The molecule has 1 aromatic carbocycles. The molecule has 114 valence electrons. The van der Waals surface area contributed by atoms with E-state index in [1.165, 1.54) is 0 Å². The van der Waals surface area contributed by atoms with Crippen molar-refractivity contribution >= 4 is 16.7 Å². The summed E-state index contributed by atoms with van der Waals surface area (Å²) in [7, 11) is 1.92. The first kappa shape index (κ1) is 15.7. The molecule has 0 unspecified atom stereocenters. The number of hydrogen-bond acceptors (Lipinski definition) is 3. The Morgan fingerprint density at radius 1 is 1.29 bits per heavy atom. The van der Waals surface area contributed by atoms with Gasteiger partial charge in [0.25, 0.3) is 0 Å². The summed E-state index contributed by atoms with van der Waals surface area (Å²) in [6.45, 7) is 5.01. The zero-order valence-corrected chi connectivity index (χ0v) is 13.2. The number of fused-ring (bicyclic) bond motifs is 1. The van der Waals surface area contributed by atoms with Gasteiger partial charge in [-0.3, -0.25) is 9.48 Å². The third-order valence-corrected chi connectivity index (χ3v) is 4.10. The van der Waals surface area contributed by atoms with E-state index in [4.69, 9.17) is 5.73 Å². The molecule has 0 aliphatic carbocycles. The van der Waals surface area contributed by atoms with E-state index in [0.717, 1.165) is 29.4 Å². The predicted octanol–water partition coefficient (Wildman–Crippen LogP) is 2.84. The molecular weight excluding hydrogens is 262 g/mol. The number of benzene rings is 1. The minimum Gasteiger partial charge on any atom is -0.330 e. The van der Waals surface area contributed by atoms with Gasteiger partial charge < -0.3 is 5.73 Å². The fourth-order valence-electron chi connectivity index (χ4n) is 2.69. The van der Waals surface area contributed by atoms with Gasteiger partial charge in [-0.15, -0.1) is 0 Å².